The first-order valence-corrected chi connectivity index (χ1v) is 6.56. The van der Waals surface area contributed by atoms with E-state index in [1.54, 1.807) is 5.32 Å². The molecule has 0 bridgehead atoms. The quantitative estimate of drug-likeness (QED) is 0.527. The van der Waals surface area contributed by atoms with Gasteiger partial charge in [0.15, 0.2) is 29.4 Å². The summed E-state index contributed by atoms with van der Waals surface area (Å²) in [6.45, 7) is 1.12. The molecule has 1 aromatic heterocycles. The number of rotatable bonds is 4. The standard InChI is InChI=1S/C15H10F4N2O3/c1-7(24-15(23)8-2-4-20-5-3-8)14(22)21-13-11(18)9(16)6-10(17)12(13)19/h2-7H,1H3,(H,21,22). The van der Waals surface area contributed by atoms with Crippen molar-refractivity contribution >= 4 is 17.6 Å². The predicted molar refractivity (Wildman–Crippen MR) is 74.0 cm³/mol. The Balaban J connectivity index is 2.12. The lowest BCUT2D eigenvalue weighted by molar-refractivity contribution is -0.123. The first kappa shape index (κ1) is 17.4. The molecule has 2 rings (SSSR count). The average molecular weight is 342 g/mol. The monoisotopic (exact) mass is 342 g/mol. The van der Waals surface area contributed by atoms with Crippen LogP contribution in [0.4, 0.5) is 23.2 Å². The van der Waals surface area contributed by atoms with Crippen molar-refractivity contribution in [2.45, 2.75) is 13.0 Å². The van der Waals surface area contributed by atoms with E-state index in [1.165, 1.54) is 24.5 Å². The Hall–Kier alpha value is -2.97. The number of nitrogens with one attached hydrogen (secondary N) is 1. The van der Waals surface area contributed by atoms with Gasteiger partial charge in [-0.25, -0.2) is 22.4 Å². The lowest BCUT2D eigenvalue weighted by atomic mass is 10.2. The van der Waals surface area contributed by atoms with Gasteiger partial charge >= 0.3 is 5.97 Å². The second kappa shape index (κ2) is 7.07. The normalized spacial score (nSPS) is 11.7. The van der Waals surface area contributed by atoms with Gasteiger partial charge in [0, 0.05) is 18.5 Å². The number of esters is 1. The minimum absolute atomic E-state index is 0.00716. The van der Waals surface area contributed by atoms with E-state index in [0.29, 0.717) is 0 Å². The third-order valence-electron chi connectivity index (χ3n) is 2.93. The molecule has 0 aliphatic rings. The predicted octanol–water partition coefficient (Wildman–Crippen LogP) is 2.82. The Morgan fingerprint density at radius 3 is 2.17 bits per heavy atom. The van der Waals surface area contributed by atoms with Crippen molar-refractivity contribution in [2.75, 3.05) is 5.32 Å². The number of benzene rings is 1. The molecule has 0 aliphatic heterocycles. The van der Waals surface area contributed by atoms with Crippen molar-refractivity contribution in [3.8, 4) is 0 Å². The van der Waals surface area contributed by atoms with Crippen LogP contribution in [0, 0.1) is 23.3 Å². The molecule has 0 spiro atoms. The van der Waals surface area contributed by atoms with E-state index in [-0.39, 0.29) is 11.6 Å². The van der Waals surface area contributed by atoms with Gasteiger partial charge in [0.25, 0.3) is 5.91 Å². The Bertz CT molecular complexity index is 758. The van der Waals surface area contributed by atoms with E-state index in [1.807, 2.05) is 0 Å². The molecule has 0 saturated carbocycles. The average Bonchev–Trinajstić information content (AvgIpc) is 2.57. The Labute approximate surface area is 133 Å². The van der Waals surface area contributed by atoms with Crippen LogP contribution >= 0.6 is 0 Å². The summed E-state index contributed by atoms with van der Waals surface area (Å²) in [7, 11) is 0. The highest BCUT2D eigenvalue weighted by Gasteiger charge is 2.25. The summed E-state index contributed by atoms with van der Waals surface area (Å²) in [6, 6.07) is 2.66. The fourth-order valence-corrected chi connectivity index (χ4v) is 1.68. The molecule has 1 unspecified atom stereocenters. The van der Waals surface area contributed by atoms with Crippen LogP contribution in [0.5, 0.6) is 0 Å². The second-order valence-corrected chi connectivity index (χ2v) is 4.62. The number of hydrogen-bond donors (Lipinski definition) is 1. The van der Waals surface area contributed by atoms with Crippen molar-refractivity contribution in [3.05, 3.63) is 59.4 Å². The molecule has 1 aromatic carbocycles. The molecule has 0 aliphatic carbocycles. The van der Waals surface area contributed by atoms with E-state index < -0.39 is 46.9 Å². The molecule has 9 heteroatoms. The zero-order valence-corrected chi connectivity index (χ0v) is 12.1. The van der Waals surface area contributed by atoms with Gasteiger partial charge in [-0.05, 0) is 19.1 Å². The summed E-state index contributed by atoms with van der Waals surface area (Å²) in [5.74, 6) is -8.94. The molecule has 0 fully saturated rings. The largest absolute Gasteiger partial charge is 0.449 e. The van der Waals surface area contributed by atoms with Crippen LogP contribution in [0.2, 0.25) is 0 Å². The minimum atomic E-state index is -1.77. The van der Waals surface area contributed by atoms with Crippen molar-refractivity contribution < 1.29 is 31.9 Å². The molecule has 1 N–H and O–H groups in total. The number of nitrogens with zero attached hydrogens (tertiary/aromatic N) is 1. The number of ether oxygens (including phenoxy) is 1. The molecule has 1 atom stereocenters. The number of anilines is 1. The smallest absolute Gasteiger partial charge is 0.339 e. The van der Waals surface area contributed by atoms with Gasteiger partial charge in [-0.2, -0.15) is 0 Å². The number of aromatic nitrogens is 1. The lowest BCUT2D eigenvalue weighted by Gasteiger charge is -2.14. The molecule has 1 amide bonds. The fraction of sp³-hybridized carbons (Fsp3) is 0.133. The van der Waals surface area contributed by atoms with Gasteiger partial charge in [-0.15, -0.1) is 0 Å². The van der Waals surface area contributed by atoms with E-state index >= 15 is 0 Å². The zero-order chi connectivity index (χ0) is 17.9. The minimum Gasteiger partial charge on any atom is -0.449 e. The summed E-state index contributed by atoms with van der Waals surface area (Å²) in [5, 5.41) is 1.66. The van der Waals surface area contributed by atoms with E-state index in [2.05, 4.69) is 4.98 Å². The van der Waals surface area contributed by atoms with Gasteiger partial charge in [-0.3, -0.25) is 9.78 Å². The molecule has 5 nitrogen and oxygen atoms in total. The van der Waals surface area contributed by atoms with Crippen LogP contribution in [0.1, 0.15) is 17.3 Å². The summed E-state index contributed by atoms with van der Waals surface area (Å²) in [5.41, 5.74) is -1.21. The number of carbonyl (C=O) groups excluding carboxylic acids is 2. The van der Waals surface area contributed by atoms with Crippen LogP contribution in [0.3, 0.4) is 0 Å². The fourth-order valence-electron chi connectivity index (χ4n) is 1.68. The first-order chi connectivity index (χ1) is 11.3. The highest BCUT2D eigenvalue weighted by atomic mass is 19.2. The van der Waals surface area contributed by atoms with Crippen molar-refractivity contribution in [2.24, 2.45) is 0 Å². The van der Waals surface area contributed by atoms with Crippen LogP contribution in [-0.2, 0) is 9.53 Å². The Kier molecular flexibility index (Phi) is 5.12. The highest BCUT2D eigenvalue weighted by molar-refractivity contribution is 5.97. The number of carbonyl (C=O) groups is 2. The summed E-state index contributed by atoms with van der Waals surface area (Å²) >= 11 is 0. The second-order valence-electron chi connectivity index (χ2n) is 4.62. The highest BCUT2D eigenvalue weighted by Crippen LogP contribution is 2.24. The molecule has 126 valence electrons. The van der Waals surface area contributed by atoms with Crippen LogP contribution in [0.15, 0.2) is 30.6 Å². The van der Waals surface area contributed by atoms with Gasteiger partial charge in [0.1, 0.15) is 5.69 Å². The van der Waals surface area contributed by atoms with Gasteiger partial charge in [0.2, 0.25) is 0 Å². The van der Waals surface area contributed by atoms with E-state index in [4.69, 9.17) is 4.74 Å². The number of hydrogen-bond acceptors (Lipinski definition) is 4. The maximum absolute atomic E-state index is 13.5. The third kappa shape index (κ3) is 3.67. The van der Waals surface area contributed by atoms with E-state index in [9.17, 15) is 27.2 Å². The van der Waals surface area contributed by atoms with Crippen LogP contribution in [0.25, 0.3) is 0 Å². The van der Waals surface area contributed by atoms with Crippen LogP contribution < -0.4 is 5.32 Å². The van der Waals surface area contributed by atoms with Gasteiger partial charge in [0.05, 0.1) is 5.56 Å². The third-order valence-corrected chi connectivity index (χ3v) is 2.93. The topological polar surface area (TPSA) is 68.3 Å². The Morgan fingerprint density at radius 2 is 1.62 bits per heavy atom. The SMILES string of the molecule is CC(OC(=O)c1ccncc1)C(=O)Nc1c(F)c(F)cc(F)c1F. The number of halogens is 4. The molecule has 24 heavy (non-hydrogen) atoms. The first-order valence-electron chi connectivity index (χ1n) is 6.56. The van der Waals surface area contributed by atoms with Crippen molar-refractivity contribution in [1.82, 2.24) is 4.98 Å². The van der Waals surface area contributed by atoms with Crippen molar-refractivity contribution in [3.63, 3.8) is 0 Å². The lowest BCUT2D eigenvalue weighted by Crippen LogP contribution is -2.31. The molecule has 2 aromatic rings. The number of amides is 1. The van der Waals surface area contributed by atoms with Crippen LogP contribution in [-0.4, -0.2) is 23.0 Å². The maximum Gasteiger partial charge on any atom is 0.339 e. The molecule has 1 heterocycles. The maximum atomic E-state index is 13.5. The van der Waals surface area contributed by atoms with Gasteiger partial charge in [-0.1, -0.05) is 0 Å². The molecule has 0 saturated heterocycles. The molecule has 0 radical (unpaired) electrons. The van der Waals surface area contributed by atoms with Crippen molar-refractivity contribution in [1.29, 1.82) is 0 Å². The Morgan fingerprint density at radius 1 is 1.08 bits per heavy atom. The van der Waals surface area contributed by atoms with Gasteiger partial charge < -0.3 is 10.1 Å². The van der Waals surface area contributed by atoms with E-state index in [0.717, 1.165) is 6.92 Å². The zero-order valence-electron chi connectivity index (χ0n) is 12.1. The summed E-state index contributed by atoms with van der Waals surface area (Å²) in [4.78, 5) is 27.3. The summed E-state index contributed by atoms with van der Waals surface area (Å²) in [6.07, 6.45) is 1.17. The summed E-state index contributed by atoms with van der Waals surface area (Å²) < 4.78 is 57.9. The number of pyridine rings is 1. The molecular weight excluding hydrogens is 332 g/mol. The molecular formula is C15H10F4N2O3.